The van der Waals surface area contributed by atoms with Crippen molar-refractivity contribution in [2.45, 2.75) is 12.8 Å². The minimum Gasteiger partial charge on any atom is -0.378 e. The summed E-state index contributed by atoms with van der Waals surface area (Å²) < 4.78 is 0. The lowest BCUT2D eigenvalue weighted by Crippen LogP contribution is -2.17. The van der Waals surface area contributed by atoms with Crippen LogP contribution in [0.15, 0.2) is 55.1 Å². The van der Waals surface area contributed by atoms with Gasteiger partial charge < -0.3 is 9.80 Å². The lowest BCUT2D eigenvalue weighted by Gasteiger charge is -2.18. The number of nitrogens with zero attached hydrogens (tertiary/aromatic N) is 2. The molecule has 1 aliphatic rings. The van der Waals surface area contributed by atoms with E-state index in [1.807, 2.05) is 0 Å². The average Bonchev–Trinajstić information content (AvgIpc) is 3.09. The normalized spacial score (nSPS) is 14.2. The highest BCUT2D eigenvalue weighted by molar-refractivity contribution is 5.79. The molecule has 0 aliphatic carbocycles. The van der Waals surface area contributed by atoms with Crippen LogP contribution in [0.4, 0.5) is 11.4 Å². The van der Waals surface area contributed by atoms with Gasteiger partial charge in [0.05, 0.1) is 0 Å². The van der Waals surface area contributed by atoms with Gasteiger partial charge in [-0.05, 0) is 53.8 Å². The molecule has 2 aromatic carbocycles. The van der Waals surface area contributed by atoms with Crippen LogP contribution in [-0.2, 0) is 0 Å². The van der Waals surface area contributed by atoms with Crippen molar-refractivity contribution < 1.29 is 0 Å². The Morgan fingerprint density at radius 1 is 0.864 bits per heavy atom. The third-order valence-corrected chi connectivity index (χ3v) is 4.42. The summed E-state index contributed by atoms with van der Waals surface area (Å²) in [5.41, 5.74) is 6.00. The van der Waals surface area contributed by atoms with Gasteiger partial charge in [-0.25, -0.2) is 0 Å². The molecular weight excluding hydrogens is 268 g/mol. The standard InChI is InChI=1S/C20H24N2/c1-16(17-6-10-19(11-7-17)21(2)3)18-8-12-20(13-9-18)22-14-4-5-15-22/h6-13H,1,4-5,14-15H2,2-3H3. The smallest absolute Gasteiger partial charge is 0.0366 e. The largest absolute Gasteiger partial charge is 0.378 e. The first-order chi connectivity index (χ1) is 10.6. The Hall–Kier alpha value is -2.22. The zero-order chi connectivity index (χ0) is 15.5. The van der Waals surface area contributed by atoms with Gasteiger partial charge in [-0.15, -0.1) is 0 Å². The third-order valence-electron chi connectivity index (χ3n) is 4.42. The number of hydrogen-bond acceptors (Lipinski definition) is 2. The maximum absolute atomic E-state index is 4.27. The molecule has 1 fully saturated rings. The molecule has 0 unspecified atom stereocenters. The van der Waals surface area contributed by atoms with E-state index in [9.17, 15) is 0 Å². The summed E-state index contributed by atoms with van der Waals surface area (Å²) in [6, 6.07) is 17.4. The fraction of sp³-hybridized carbons (Fsp3) is 0.300. The van der Waals surface area contributed by atoms with E-state index in [4.69, 9.17) is 0 Å². The van der Waals surface area contributed by atoms with Crippen molar-refractivity contribution in [1.82, 2.24) is 0 Å². The Bertz CT molecular complexity index is 632. The summed E-state index contributed by atoms with van der Waals surface area (Å²) >= 11 is 0. The first-order valence-corrected chi connectivity index (χ1v) is 7.97. The fourth-order valence-electron chi connectivity index (χ4n) is 2.98. The molecular formula is C20H24N2. The van der Waals surface area contributed by atoms with Crippen LogP contribution >= 0.6 is 0 Å². The van der Waals surface area contributed by atoms with Gasteiger partial charge in [0.15, 0.2) is 0 Å². The van der Waals surface area contributed by atoms with Gasteiger partial charge in [0, 0.05) is 38.6 Å². The van der Waals surface area contributed by atoms with Crippen LogP contribution in [0, 0.1) is 0 Å². The topological polar surface area (TPSA) is 6.48 Å². The number of benzene rings is 2. The summed E-state index contributed by atoms with van der Waals surface area (Å²) in [6.07, 6.45) is 2.62. The molecule has 2 aromatic rings. The monoisotopic (exact) mass is 292 g/mol. The fourth-order valence-corrected chi connectivity index (χ4v) is 2.98. The molecule has 2 nitrogen and oxygen atoms in total. The summed E-state index contributed by atoms with van der Waals surface area (Å²) in [6.45, 7) is 6.64. The summed E-state index contributed by atoms with van der Waals surface area (Å²) in [5.74, 6) is 0. The molecule has 1 saturated heterocycles. The molecule has 0 radical (unpaired) electrons. The number of hydrogen-bond donors (Lipinski definition) is 0. The molecule has 1 heterocycles. The van der Waals surface area contributed by atoms with E-state index >= 15 is 0 Å². The van der Waals surface area contributed by atoms with E-state index in [1.54, 1.807) is 0 Å². The van der Waals surface area contributed by atoms with Crippen molar-refractivity contribution in [3.63, 3.8) is 0 Å². The predicted molar refractivity (Wildman–Crippen MR) is 96.8 cm³/mol. The van der Waals surface area contributed by atoms with Crippen LogP contribution in [0.2, 0.25) is 0 Å². The lowest BCUT2D eigenvalue weighted by molar-refractivity contribution is 0.949. The van der Waals surface area contributed by atoms with Gasteiger partial charge in [0.1, 0.15) is 0 Å². The molecule has 3 rings (SSSR count). The van der Waals surface area contributed by atoms with Crippen molar-refractivity contribution in [1.29, 1.82) is 0 Å². The molecule has 22 heavy (non-hydrogen) atoms. The minimum absolute atomic E-state index is 1.08. The highest BCUT2D eigenvalue weighted by Crippen LogP contribution is 2.27. The highest BCUT2D eigenvalue weighted by atomic mass is 15.1. The Balaban J connectivity index is 1.76. The van der Waals surface area contributed by atoms with Crippen LogP contribution in [0.1, 0.15) is 24.0 Å². The zero-order valence-electron chi connectivity index (χ0n) is 13.5. The molecule has 0 aromatic heterocycles. The quantitative estimate of drug-likeness (QED) is 0.823. The Morgan fingerprint density at radius 2 is 1.36 bits per heavy atom. The molecule has 114 valence electrons. The van der Waals surface area contributed by atoms with Gasteiger partial charge in [-0.2, -0.15) is 0 Å². The molecule has 2 heteroatoms. The second-order valence-corrected chi connectivity index (χ2v) is 6.16. The third kappa shape index (κ3) is 3.01. The number of rotatable bonds is 4. The SMILES string of the molecule is C=C(c1ccc(N(C)C)cc1)c1ccc(N2CCCC2)cc1. The Kier molecular flexibility index (Phi) is 4.19. The molecule has 0 saturated carbocycles. The van der Waals surface area contributed by atoms with Crippen molar-refractivity contribution in [3.05, 3.63) is 66.2 Å². The maximum Gasteiger partial charge on any atom is 0.0366 e. The highest BCUT2D eigenvalue weighted by Gasteiger charge is 2.12. The number of anilines is 2. The maximum atomic E-state index is 4.27. The Morgan fingerprint density at radius 3 is 1.86 bits per heavy atom. The minimum atomic E-state index is 1.08. The van der Waals surface area contributed by atoms with Crippen molar-refractivity contribution >= 4 is 16.9 Å². The second-order valence-electron chi connectivity index (χ2n) is 6.16. The van der Waals surface area contributed by atoms with E-state index in [0.717, 1.165) is 5.57 Å². The van der Waals surface area contributed by atoms with Crippen molar-refractivity contribution in [3.8, 4) is 0 Å². The molecule has 0 amide bonds. The van der Waals surface area contributed by atoms with Crippen LogP contribution < -0.4 is 9.80 Å². The molecule has 0 atom stereocenters. The summed E-state index contributed by atoms with van der Waals surface area (Å²) in [4.78, 5) is 4.57. The van der Waals surface area contributed by atoms with Gasteiger partial charge in [-0.3, -0.25) is 0 Å². The summed E-state index contributed by atoms with van der Waals surface area (Å²) in [7, 11) is 4.11. The van der Waals surface area contributed by atoms with Crippen LogP contribution in [0.3, 0.4) is 0 Å². The van der Waals surface area contributed by atoms with Crippen LogP contribution in [-0.4, -0.2) is 27.2 Å². The van der Waals surface area contributed by atoms with Gasteiger partial charge >= 0.3 is 0 Å². The van der Waals surface area contributed by atoms with Crippen LogP contribution in [0.25, 0.3) is 5.57 Å². The van der Waals surface area contributed by atoms with E-state index in [-0.39, 0.29) is 0 Å². The van der Waals surface area contributed by atoms with E-state index < -0.39 is 0 Å². The van der Waals surface area contributed by atoms with Crippen LogP contribution in [0.5, 0.6) is 0 Å². The Labute approximate surface area is 133 Å². The van der Waals surface area contributed by atoms with E-state index in [2.05, 4.69) is 79.0 Å². The lowest BCUT2D eigenvalue weighted by atomic mass is 9.99. The predicted octanol–water partition coefficient (Wildman–Crippen LogP) is 4.41. The van der Waals surface area contributed by atoms with E-state index in [1.165, 1.54) is 48.4 Å². The van der Waals surface area contributed by atoms with E-state index in [0.29, 0.717) is 0 Å². The molecule has 0 N–H and O–H groups in total. The first-order valence-electron chi connectivity index (χ1n) is 7.97. The van der Waals surface area contributed by atoms with Crippen molar-refractivity contribution in [2.75, 3.05) is 37.0 Å². The molecule has 0 bridgehead atoms. The zero-order valence-corrected chi connectivity index (χ0v) is 13.5. The van der Waals surface area contributed by atoms with Gasteiger partial charge in [-0.1, -0.05) is 30.8 Å². The van der Waals surface area contributed by atoms with Crippen molar-refractivity contribution in [2.24, 2.45) is 0 Å². The summed E-state index contributed by atoms with van der Waals surface area (Å²) in [5, 5.41) is 0. The van der Waals surface area contributed by atoms with Gasteiger partial charge in [0.2, 0.25) is 0 Å². The second kappa shape index (κ2) is 6.27. The first kappa shape index (κ1) is 14.7. The average molecular weight is 292 g/mol. The van der Waals surface area contributed by atoms with Gasteiger partial charge in [0.25, 0.3) is 0 Å². The molecule has 0 spiro atoms. The molecule has 1 aliphatic heterocycles.